The van der Waals surface area contributed by atoms with Crippen LogP contribution in [0.3, 0.4) is 0 Å². The highest BCUT2D eigenvalue weighted by Crippen LogP contribution is 2.50. The number of hydrogen-bond acceptors (Lipinski definition) is 8. The van der Waals surface area contributed by atoms with E-state index in [1.807, 2.05) is 13.8 Å². The number of nitrogens with one attached hydrogen (secondary N) is 1. The largest absolute Gasteiger partial charge is 0.493 e. The molecule has 1 atom stereocenters. The van der Waals surface area contributed by atoms with Crippen LogP contribution in [0.4, 0.5) is 0 Å². The van der Waals surface area contributed by atoms with Gasteiger partial charge in [0.25, 0.3) is 0 Å². The van der Waals surface area contributed by atoms with Crippen LogP contribution in [0.5, 0.6) is 17.2 Å². The minimum atomic E-state index is -0.739. The Morgan fingerprint density at radius 2 is 1.78 bits per heavy atom. The highest BCUT2D eigenvalue weighted by molar-refractivity contribution is 6.00. The number of rotatable bonds is 5. The Morgan fingerprint density at radius 3 is 2.25 bits per heavy atom. The van der Waals surface area contributed by atoms with E-state index in [0.29, 0.717) is 46.9 Å². The zero-order valence-electron chi connectivity index (χ0n) is 19.2. The average molecular weight is 441 g/mol. The zero-order valence-corrected chi connectivity index (χ0v) is 19.2. The Kier molecular flexibility index (Phi) is 6.08. The van der Waals surface area contributed by atoms with Crippen molar-refractivity contribution in [2.24, 2.45) is 11.1 Å². The van der Waals surface area contributed by atoms with Gasteiger partial charge < -0.3 is 19.9 Å². The van der Waals surface area contributed by atoms with Crippen molar-refractivity contribution in [1.29, 1.82) is 5.26 Å². The molecule has 1 aliphatic carbocycles. The highest BCUT2D eigenvalue weighted by atomic mass is 16.5. The van der Waals surface area contributed by atoms with Gasteiger partial charge in [0, 0.05) is 18.9 Å². The van der Waals surface area contributed by atoms with Crippen LogP contribution in [-0.4, -0.2) is 38.0 Å². The fourth-order valence-electron chi connectivity index (χ4n) is 4.40. The van der Waals surface area contributed by atoms with E-state index in [-0.39, 0.29) is 28.5 Å². The fourth-order valence-corrected chi connectivity index (χ4v) is 4.40. The van der Waals surface area contributed by atoms with Crippen LogP contribution in [0.15, 0.2) is 34.8 Å². The predicted octanol–water partition coefficient (Wildman–Crippen LogP) is 2.50. The average Bonchev–Trinajstić information content (AvgIpc) is 2.73. The number of benzene rings is 1. The molecule has 9 nitrogen and oxygen atoms in total. The van der Waals surface area contributed by atoms with E-state index in [1.165, 1.54) is 33.3 Å². The minimum absolute atomic E-state index is 0.0747. The Labute approximate surface area is 187 Å². The first kappa shape index (κ1) is 23.0. The van der Waals surface area contributed by atoms with E-state index in [2.05, 4.69) is 11.5 Å². The second-order valence-corrected chi connectivity index (χ2v) is 8.61. The molecular formula is C23H28N4O5. The van der Waals surface area contributed by atoms with Crippen molar-refractivity contribution >= 4 is 11.7 Å². The third kappa shape index (κ3) is 3.84. The lowest BCUT2D eigenvalue weighted by atomic mass is 9.69. The Bertz CT molecular complexity index is 1060. The number of ether oxygens (including phenoxy) is 3. The van der Waals surface area contributed by atoms with E-state index in [0.717, 1.165) is 0 Å². The van der Waals surface area contributed by atoms with E-state index in [1.54, 1.807) is 12.1 Å². The molecule has 0 bridgehead atoms. The van der Waals surface area contributed by atoms with Crippen LogP contribution in [-0.2, 0) is 9.59 Å². The Balaban J connectivity index is 2.33. The van der Waals surface area contributed by atoms with Crippen molar-refractivity contribution in [2.45, 2.75) is 39.5 Å². The molecule has 0 aromatic heterocycles. The lowest BCUT2D eigenvalue weighted by Gasteiger charge is -2.43. The van der Waals surface area contributed by atoms with Crippen molar-refractivity contribution in [3.05, 3.63) is 40.4 Å². The lowest BCUT2D eigenvalue weighted by Crippen LogP contribution is -2.49. The van der Waals surface area contributed by atoms with Gasteiger partial charge in [-0.25, -0.2) is 5.01 Å². The summed E-state index contributed by atoms with van der Waals surface area (Å²) in [6.45, 7) is 5.31. The van der Waals surface area contributed by atoms with Crippen LogP contribution in [0, 0.1) is 16.7 Å². The molecule has 1 aromatic carbocycles. The third-order valence-electron chi connectivity index (χ3n) is 5.67. The molecule has 3 rings (SSSR count). The van der Waals surface area contributed by atoms with Crippen molar-refractivity contribution < 1.29 is 23.8 Å². The van der Waals surface area contributed by atoms with Crippen LogP contribution in [0.2, 0.25) is 0 Å². The van der Waals surface area contributed by atoms with Gasteiger partial charge in [-0.3, -0.25) is 15.0 Å². The van der Waals surface area contributed by atoms with Gasteiger partial charge in [0.2, 0.25) is 11.7 Å². The molecule has 170 valence electrons. The number of Topliss-reactive ketones (excluding diaryl/α,β-unsaturated/α-hetero) is 1. The maximum atomic E-state index is 13.4. The van der Waals surface area contributed by atoms with Crippen molar-refractivity contribution in [3.63, 3.8) is 0 Å². The molecule has 3 N–H and O–H groups in total. The SMILES string of the molecule is COc1cc(C2C(C#N)=C(N)N(NC(C)=O)C3=C2C(=O)CC(C)(C)C3)cc(OC)c1OC. The van der Waals surface area contributed by atoms with Crippen molar-refractivity contribution in [1.82, 2.24) is 10.4 Å². The van der Waals surface area contributed by atoms with E-state index in [9.17, 15) is 14.9 Å². The van der Waals surface area contributed by atoms with E-state index < -0.39 is 5.92 Å². The zero-order chi connectivity index (χ0) is 23.8. The first-order valence-electron chi connectivity index (χ1n) is 10.1. The first-order chi connectivity index (χ1) is 15.1. The summed E-state index contributed by atoms with van der Waals surface area (Å²) in [4.78, 5) is 25.3. The normalized spacial score (nSPS) is 19.8. The topological polar surface area (TPSA) is 127 Å². The molecule has 2 aliphatic rings. The molecule has 0 fully saturated rings. The molecule has 1 heterocycles. The van der Waals surface area contributed by atoms with Gasteiger partial charge in [0.15, 0.2) is 17.3 Å². The Hall–Kier alpha value is -3.67. The number of hydrazine groups is 1. The van der Waals surface area contributed by atoms with Crippen LogP contribution < -0.4 is 25.4 Å². The second kappa shape index (κ2) is 8.46. The summed E-state index contributed by atoms with van der Waals surface area (Å²) < 4.78 is 16.3. The quantitative estimate of drug-likeness (QED) is 0.715. The van der Waals surface area contributed by atoms with Gasteiger partial charge in [-0.1, -0.05) is 13.8 Å². The van der Waals surface area contributed by atoms with Gasteiger partial charge >= 0.3 is 0 Å². The summed E-state index contributed by atoms with van der Waals surface area (Å²) in [5.74, 6) is 0.0588. The standard InChI is InChI=1S/C23H28N4O5/c1-12(28)26-27-15-9-23(2,3)10-16(29)20(15)19(14(11-24)22(27)25)13-7-17(30-4)21(32-6)18(8-13)31-5/h7-8,19H,9-10,25H2,1-6H3,(H,26,28). The molecular weight excluding hydrogens is 412 g/mol. The molecule has 0 radical (unpaired) electrons. The molecule has 1 unspecified atom stereocenters. The lowest BCUT2D eigenvalue weighted by molar-refractivity contribution is -0.123. The summed E-state index contributed by atoms with van der Waals surface area (Å²) in [6, 6.07) is 5.57. The van der Waals surface area contributed by atoms with Crippen LogP contribution in [0.25, 0.3) is 0 Å². The summed E-state index contributed by atoms with van der Waals surface area (Å²) in [6.07, 6.45) is 0.800. The smallest absolute Gasteiger partial charge is 0.235 e. The second-order valence-electron chi connectivity index (χ2n) is 8.61. The molecule has 0 spiro atoms. The molecule has 32 heavy (non-hydrogen) atoms. The number of carbonyl (C=O) groups excluding carboxylic acids is 2. The molecule has 1 aliphatic heterocycles. The number of nitrogens with zero attached hydrogens (tertiary/aromatic N) is 2. The van der Waals surface area contributed by atoms with Gasteiger partial charge in [0.1, 0.15) is 5.82 Å². The van der Waals surface area contributed by atoms with Gasteiger partial charge in [-0.2, -0.15) is 5.26 Å². The minimum Gasteiger partial charge on any atom is -0.493 e. The van der Waals surface area contributed by atoms with E-state index >= 15 is 0 Å². The molecule has 0 saturated carbocycles. The number of hydrogen-bond donors (Lipinski definition) is 2. The number of ketones is 1. The van der Waals surface area contributed by atoms with Crippen molar-refractivity contribution in [3.8, 4) is 23.3 Å². The third-order valence-corrected chi connectivity index (χ3v) is 5.67. The Morgan fingerprint density at radius 1 is 1.19 bits per heavy atom. The number of amides is 1. The summed E-state index contributed by atoms with van der Waals surface area (Å²) in [5.41, 5.74) is 10.5. The molecule has 1 aromatic rings. The van der Waals surface area contributed by atoms with Gasteiger partial charge in [0.05, 0.1) is 44.6 Å². The maximum Gasteiger partial charge on any atom is 0.235 e. The first-order valence-corrected chi connectivity index (χ1v) is 10.1. The number of carbonyl (C=O) groups is 2. The molecule has 9 heteroatoms. The number of nitrogens with two attached hydrogens (primary N) is 1. The number of nitriles is 1. The van der Waals surface area contributed by atoms with Crippen molar-refractivity contribution in [2.75, 3.05) is 21.3 Å². The maximum absolute atomic E-state index is 13.4. The summed E-state index contributed by atoms with van der Waals surface area (Å²) >= 11 is 0. The van der Waals surface area contributed by atoms with Gasteiger partial charge in [-0.15, -0.1) is 0 Å². The van der Waals surface area contributed by atoms with Gasteiger partial charge in [-0.05, 0) is 29.5 Å². The monoisotopic (exact) mass is 440 g/mol. The summed E-state index contributed by atoms with van der Waals surface area (Å²) in [5, 5.41) is 11.4. The van der Waals surface area contributed by atoms with Crippen LogP contribution >= 0.6 is 0 Å². The number of methoxy groups -OCH3 is 3. The highest BCUT2D eigenvalue weighted by Gasteiger charge is 2.45. The molecule has 1 amide bonds. The summed E-state index contributed by atoms with van der Waals surface area (Å²) in [7, 11) is 4.49. The van der Waals surface area contributed by atoms with Crippen LogP contribution in [0.1, 0.15) is 45.1 Å². The molecule has 0 saturated heterocycles. The fraction of sp³-hybridized carbons (Fsp3) is 0.435. The predicted molar refractivity (Wildman–Crippen MR) is 116 cm³/mol. The van der Waals surface area contributed by atoms with E-state index in [4.69, 9.17) is 19.9 Å². The number of allylic oxidation sites excluding steroid dienone is 3.